The lowest BCUT2D eigenvalue weighted by Crippen LogP contribution is -2.47. The van der Waals surface area contributed by atoms with Crippen LogP contribution in [0.2, 0.25) is 0 Å². The Balaban J connectivity index is 2.20. The van der Waals surface area contributed by atoms with Crippen molar-refractivity contribution < 1.29 is 4.79 Å². The molecule has 1 aromatic rings. The normalized spacial score (nSPS) is 24.8. The predicted molar refractivity (Wildman–Crippen MR) is 73.1 cm³/mol. The number of carbonyl (C=O) groups is 1. The van der Waals surface area contributed by atoms with Crippen LogP contribution in [0.15, 0.2) is 28.7 Å². The van der Waals surface area contributed by atoms with Crippen molar-refractivity contribution in [3.8, 4) is 0 Å². The Morgan fingerprint density at radius 2 is 1.71 bits per heavy atom. The van der Waals surface area contributed by atoms with Gasteiger partial charge in [0, 0.05) is 22.1 Å². The van der Waals surface area contributed by atoms with Crippen LogP contribution in [0.4, 0.5) is 0 Å². The number of rotatable bonds is 1. The largest absolute Gasteiger partial charge is 0.333 e. The molecule has 1 aliphatic rings. The number of piperidine rings is 1. The van der Waals surface area contributed by atoms with Gasteiger partial charge in [-0.05, 0) is 57.4 Å². The molecule has 92 valence electrons. The molecule has 2 rings (SSSR count). The summed E-state index contributed by atoms with van der Waals surface area (Å²) in [6.45, 7) is 4.29. The van der Waals surface area contributed by atoms with Crippen LogP contribution in [-0.4, -0.2) is 22.9 Å². The minimum absolute atomic E-state index is 0.164. The van der Waals surface area contributed by atoms with E-state index in [1.54, 1.807) is 0 Å². The van der Waals surface area contributed by atoms with Gasteiger partial charge in [0.25, 0.3) is 5.91 Å². The fraction of sp³-hybridized carbons (Fsp3) is 0.500. The third-order valence-corrected chi connectivity index (χ3v) is 4.05. The first-order chi connectivity index (χ1) is 8.09. The predicted octanol–water partition coefficient (Wildman–Crippen LogP) is 3.85. The Kier molecular flexibility index (Phi) is 3.87. The van der Waals surface area contributed by atoms with Gasteiger partial charge in [0.15, 0.2) is 0 Å². The van der Waals surface area contributed by atoms with Crippen molar-refractivity contribution in [2.45, 2.75) is 45.2 Å². The van der Waals surface area contributed by atoms with Crippen molar-refractivity contribution in [1.82, 2.24) is 4.90 Å². The van der Waals surface area contributed by atoms with Gasteiger partial charge in [-0.1, -0.05) is 15.9 Å². The smallest absolute Gasteiger partial charge is 0.254 e. The molecule has 0 N–H and O–H groups in total. The second-order valence-corrected chi connectivity index (χ2v) is 5.76. The number of likely N-dealkylation sites (tertiary alicyclic amines) is 1. The maximum absolute atomic E-state index is 12.4. The van der Waals surface area contributed by atoms with E-state index in [2.05, 4.69) is 29.8 Å². The molecule has 0 bridgehead atoms. The van der Waals surface area contributed by atoms with Crippen LogP contribution >= 0.6 is 15.9 Å². The van der Waals surface area contributed by atoms with Crippen LogP contribution in [0.3, 0.4) is 0 Å². The zero-order chi connectivity index (χ0) is 12.4. The third kappa shape index (κ3) is 2.71. The standard InChI is InChI=1S/C14H18BrNO/c1-10-4-3-5-11(2)16(10)14(17)12-6-8-13(15)9-7-12/h6-11H,3-5H2,1-2H3. The zero-order valence-corrected chi connectivity index (χ0v) is 11.9. The van der Waals surface area contributed by atoms with Gasteiger partial charge in [0.2, 0.25) is 0 Å². The zero-order valence-electron chi connectivity index (χ0n) is 10.3. The summed E-state index contributed by atoms with van der Waals surface area (Å²) >= 11 is 3.39. The van der Waals surface area contributed by atoms with Gasteiger partial charge in [-0.25, -0.2) is 0 Å². The highest BCUT2D eigenvalue weighted by molar-refractivity contribution is 9.10. The van der Waals surface area contributed by atoms with Gasteiger partial charge in [-0.2, -0.15) is 0 Å². The third-order valence-electron chi connectivity index (χ3n) is 3.52. The van der Waals surface area contributed by atoms with Crippen LogP contribution in [0.25, 0.3) is 0 Å². The molecule has 0 aromatic heterocycles. The average Bonchev–Trinajstić information content (AvgIpc) is 2.29. The molecule has 2 unspecified atom stereocenters. The first-order valence-corrected chi connectivity index (χ1v) is 6.97. The maximum atomic E-state index is 12.4. The summed E-state index contributed by atoms with van der Waals surface area (Å²) in [5.74, 6) is 0.164. The number of halogens is 1. The first-order valence-electron chi connectivity index (χ1n) is 6.18. The quantitative estimate of drug-likeness (QED) is 0.771. The molecule has 1 amide bonds. The Hall–Kier alpha value is -0.830. The Morgan fingerprint density at radius 3 is 2.24 bits per heavy atom. The first kappa shape index (κ1) is 12.6. The summed E-state index contributed by atoms with van der Waals surface area (Å²) in [6.07, 6.45) is 3.46. The van der Waals surface area contributed by atoms with E-state index in [0.717, 1.165) is 22.9 Å². The van der Waals surface area contributed by atoms with Crippen LogP contribution in [0.1, 0.15) is 43.5 Å². The summed E-state index contributed by atoms with van der Waals surface area (Å²) < 4.78 is 1.01. The minimum atomic E-state index is 0.164. The molecule has 0 spiro atoms. The van der Waals surface area contributed by atoms with E-state index in [1.165, 1.54) is 6.42 Å². The van der Waals surface area contributed by atoms with E-state index in [4.69, 9.17) is 0 Å². The van der Waals surface area contributed by atoms with Gasteiger partial charge in [0.1, 0.15) is 0 Å². The molecule has 2 nitrogen and oxygen atoms in total. The molecule has 1 saturated heterocycles. The van der Waals surface area contributed by atoms with E-state index in [0.29, 0.717) is 12.1 Å². The Labute approximate surface area is 111 Å². The molecule has 17 heavy (non-hydrogen) atoms. The number of hydrogen-bond acceptors (Lipinski definition) is 1. The highest BCUT2D eigenvalue weighted by Crippen LogP contribution is 2.25. The van der Waals surface area contributed by atoms with Crippen molar-refractivity contribution >= 4 is 21.8 Å². The van der Waals surface area contributed by atoms with E-state index < -0.39 is 0 Å². The van der Waals surface area contributed by atoms with Crippen molar-refractivity contribution in [2.75, 3.05) is 0 Å². The molecule has 1 aliphatic heterocycles. The number of carbonyl (C=O) groups excluding carboxylic acids is 1. The van der Waals surface area contributed by atoms with Crippen LogP contribution in [0.5, 0.6) is 0 Å². The van der Waals surface area contributed by atoms with E-state index in [-0.39, 0.29) is 5.91 Å². The SMILES string of the molecule is CC1CCCC(C)N1C(=O)c1ccc(Br)cc1. The monoisotopic (exact) mass is 295 g/mol. The van der Waals surface area contributed by atoms with Gasteiger partial charge < -0.3 is 4.90 Å². The summed E-state index contributed by atoms with van der Waals surface area (Å²) in [5, 5.41) is 0. The van der Waals surface area contributed by atoms with E-state index >= 15 is 0 Å². The molecule has 0 radical (unpaired) electrons. The second kappa shape index (κ2) is 5.21. The molecule has 1 heterocycles. The molecule has 3 heteroatoms. The van der Waals surface area contributed by atoms with Crippen LogP contribution < -0.4 is 0 Å². The number of hydrogen-bond donors (Lipinski definition) is 0. The summed E-state index contributed by atoms with van der Waals surface area (Å²) in [5.41, 5.74) is 0.786. The highest BCUT2D eigenvalue weighted by Gasteiger charge is 2.29. The fourth-order valence-corrected chi connectivity index (χ4v) is 2.83. The molecule has 1 fully saturated rings. The fourth-order valence-electron chi connectivity index (χ4n) is 2.56. The van der Waals surface area contributed by atoms with Crippen molar-refractivity contribution in [3.63, 3.8) is 0 Å². The van der Waals surface area contributed by atoms with Gasteiger partial charge >= 0.3 is 0 Å². The Bertz CT molecular complexity index is 391. The Morgan fingerprint density at radius 1 is 1.18 bits per heavy atom. The van der Waals surface area contributed by atoms with Gasteiger partial charge in [0.05, 0.1) is 0 Å². The number of amides is 1. The average molecular weight is 296 g/mol. The topological polar surface area (TPSA) is 20.3 Å². The van der Waals surface area contributed by atoms with Gasteiger partial charge in [-0.3, -0.25) is 4.79 Å². The van der Waals surface area contributed by atoms with Crippen LogP contribution in [-0.2, 0) is 0 Å². The highest BCUT2D eigenvalue weighted by atomic mass is 79.9. The van der Waals surface area contributed by atoms with Crippen molar-refractivity contribution in [1.29, 1.82) is 0 Å². The summed E-state index contributed by atoms with van der Waals surface area (Å²) in [4.78, 5) is 14.5. The lowest BCUT2D eigenvalue weighted by Gasteiger charge is -2.39. The lowest BCUT2D eigenvalue weighted by molar-refractivity contribution is 0.0511. The summed E-state index contributed by atoms with van der Waals surface area (Å²) in [6, 6.07) is 8.34. The molecule has 1 aromatic carbocycles. The molecular formula is C14H18BrNO. The molecular weight excluding hydrogens is 278 g/mol. The maximum Gasteiger partial charge on any atom is 0.254 e. The van der Waals surface area contributed by atoms with Gasteiger partial charge in [-0.15, -0.1) is 0 Å². The lowest BCUT2D eigenvalue weighted by atomic mass is 9.96. The number of nitrogens with zero attached hydrogens (tertiary/aromatic N) is 1. The molecule has 2 atom stereocenters. The van der Waals surface area contributed by atoms with Crippen molar-refractivity contribution in [3.05, 3.63) is 34.3 Å². The molecule has 0 aliphatic carbocycles. The van der Waals surface area contributed by atoms with E-state index in [1.807, 2.05) is 29.2 Å². The number of benzene rings is 1. The van der Waals surface area contributed by atoms with Crippen molar-refractivity contribution in [2.24, 2.45) is 0 Å². The minimum Gasteiger partial charge on any atom is -0.333 e. The molecule has 0 saturated carbocycles. The second-order valence-electron chi connectivity index (χ2n) is 4.85. The van der Waals surface area contributed by atoms with E-state index in [9.17, 15) is 4.79 Å². The van der Waals surface area contributed by atoms with Crippen LogP contribution in [0, 0.1) is 0 Å². The summed E-state index contributed by atoms with van der Waals surface area (Å²) in [7, 11) is 0.